The Kier molecular flexibility index (Phi) is 15.0. The van der Waals surface area contributed by atoms with Gasteiger partial charge in [0.1, 0.15) is 12.6 Å². The first-order chi connectivity index (χ1) is 21.2. The maximum absolute atomic E-state index is 13.3. The molecule has 0 aliphatic carbocycles. The normalized spacial score (nSPS) is 14.4. The molecule has 0 aromatic heterocycles. The number of nitrogens with two attached hydrogens (primary N) is 1. The van der Waals surface area contributed by atoms with Gasteiger partial charge in [0.2, 0.25) is 17.5 Å². The van der Waals surface area contributed by atoms with E-state index in [0.717, 1.165) is 16.9 Å². The maximum Gasteiger partial charge on any atom is 0.311 e. The quantitative estimate of drug-likeness (QED) is 0.0553. The molecule has 2 atom stereocenters. The summed E-state index contributed by atoms with van der Waals surface area (Å²) in [6.07, 6.45) is 5.83. The molecule has 0 saturated heterocycles. The Labute approximate surface area is 265 Å². The van der Waals surface area contributed by atoms with Gasteiger partial charge in [-0.3, -0.25) is 33.7 Å². The van der Waals surface area contributed by atoms with E-state index < -0.39 is 35.0 Å². The van der Waals surface area contributed by atoms with Crippen molar-refractivity contribution >= 4 is 40.9 Å². The van der Waals surface area contributed by atoms with E-state index in [0.29, 0.717) is 44.3 Å². The Morgan fingerprint density at radius 1 is 0.911 bits per heavy atom. The van der Waals surface area contributed by atoms with Crippen molar-refractivity contribution in [3.63, 3.8) is 0 Å². The molecule has 3 amide bonds. The Hall–Kier alpha value is -3.90. The highest BCUT2D eigenvalue weighted by Gasteiger charge is 2.31. The van der Waals surface area contributed by atoms with Crippen LogP contribution in [0.1, 0.15) is 85.1 Å². The number of imide groups is 1. The molecular formula is C33H49N5O7. The van der Waals surface area contributed by atoms with Crippen LogP contribution in [0, 0.1) is 11.3 Å². The van der Waals surface area contributed by atoms with E-state index in [2.05, 4.69) is 16.2 Å². The number of Topliss-reactive ketones (excluding diaryl/α,β-unsaturated/α-hetero) is 2. The first-order valence-corrected chi connectivity index (χ1v) is 15.6. The second kappa shape index (κ2) is 18.2. The van der Waals surface area contributed by atoms with Crippen molar-refractivity contribution in [3.8, 4) is 0 Å². The summed E-state index contributed by atoms with van der Waals surface area (Å²) in [6.45, 7) is 9.80. The van der Waals surface area contributed by atoms with Crippen LogP contribution in [-0.4, -0.2) is 65.3 Å². The van der Waals surface area contributed by atoms with Crippen LogP contribution in [0.5, 0.6) is 0 Å². The molecule has 12 heteroatoms. The fourth-order valence-electron chi connectivity index (χ4n) is 4.45. The number of esters is 1. The van der Waals surface area contributed by atoms with Crippen molar-refractivity contribution in [2.75, 3.05) is 18.5 Å². The molecule has 0 unspecified atom stereocenters. The van der Waals surface area contributed by atoms with Gasteiger partial charge in [-0.1, -0.05) is 38.8 Å². The molecule has 0 radical (unpaired) electrons. The van der Waals surface area contributed by atoms with Gasteiger partial charge in [-0.05, 0) is 76.6 Å². The van der Waals surface area contributed by atoms with Gasteiger partial charge in [-0.15, -0.1) is 0 Å². The monoisotopic (exact) mass is 627 g/mol. The minimum atomic E-state index is -0.982. The number of rotatable bonds is 20. The van der Waals surface area contributed by atoms with Crippen molar-refractivity contribution < 1.29 is 33.5 Å². The topological polar surface area (TPSA) is 177 Å². The molecule has 5 N–H and O–H groups in total. The lowest BCUT2D eigenvalue weighted by Crippen LogP contribution is -2.54. The molecule has 1 aliphatic heterocycles. The van der Waals surface area contributed by atoms with Crippen molar-refractivity contribution in [2.24, 2.45) is 17.1 Å². The number of carbonyl (C=O) groups is 6. The third kappa shape index (κ3) is 12.6. The number of anilines is 1. The van der Waals surface area contributed by atoms with E-state index in [9.17, 15) is 28.8 Å². The number of amides is 3. The van der Waals surface area contributed by atoms with Crippen LogP contribution in [0.25, 0.3) is 0 Å². The molecule has 1 aromatic carbocycles. The summed E-state index contributed by atoms with van der Waals surface area (Å²) in [5.74, 6) is -2.93. The fraction of sp³-hybridized carbons (Fsp3) is 0.576. The van der Waals surface area contributed by atoms with Gasteiger partial charge in [-0.25, -0.2) is 5.43 Å². The molecule has 12 nitrogen and oxygen atoms in total. The van der Waals surface area contributed by atoms with E-state index >= 15 is 0 Å². The number of unbranched alkanes of at least 4 members (excludes halogenated alkanes) is 3. The number of ketones is 2. The molecule has 1 heterocycles. The van der Waals surface area contributed by atoms with Gasteiger partial charge >= 0.3 is 5.97 Å². The Bertz CT molecular complexity index is 1200. The molecule has 2 rings (SSSR count). The zero-order chi connectivity index (χ0) is 33.6. The number of nitrogens with one attached hydrogen (secondary N) is 3. The van der Waals surface area contributed by atoms with Crippen LogP contribution in [0.2, 0.25) is 0 Å². The van der Waals surface area contributed by atoms with Gasteiger partial charge in [0.05, 0.1) is 11.5 Å². The summed E-state index contributed by atoms with van der Waals surface area (Å²) in [4.78, 5) is 75.6. The maximum atomic E-state index is 13.3. The lowest BCUT2D eigenvalue weighted by Gasteiger charge is -2.25. The minimum absolute atomic E-state index is 0.0171. The Balaban J connectivity index is 1.91. The number of benzene rings is 1. The molecule has 248 valence electrons. The lowest BCUT2D eigenvalue weighted by atomic mass is 9.94. The summed E-state index contributed by atoms with van der Waals surface area (Å²) in [7, 11) is 0. The number of nitrogens with zero attached hydrogens (tertiary/aromatic N) is 1. The Morgan fingerprint density at radius 3 is 2.13 bits per heavy atom. The molecule has 0 fully saturated rings. The number of hydrogen-bond acceptors (Lipinski definition) is 10. The largest absolute Gasteiger partial charge is 0.460 e. The summed E-state index contributed by atoms with van der Waals surface area (Å²) in [5.41, 5.74) is 12.6. The second-order valence-electron chi connectivity index (χ2n) is 12.6. The van der Waals surface area contributed by atoms with Crippen LogP contribution in [-0.2, 0) is 40.1 Å². The summed E-state index contributed by atoms with van der Waals surface area (Å²) in [5, 5.41) is 2.78. The van der Waals surface area contributed by atoms with Crippen molar-refractivity contribution in [2.45, 2.75) is 98.3 Å². The van der Waals surface area contributed by atoms with Gasteiger partial charge in [0.25, 0.3) is 11.8 Å². The molecule has 0 spiro atoms. The zero-order valence-electron chi connectivity index (χ0n) is 27.1. The van der Waals surface area contributed by atoms with Gasteiger partial charge < -0.3 is 21.2 Å². The average molecular weight is 628 g/mol. The van der Waals surface area contributed by atoms with Gasteiger partial charge in [0.15, 0.2) is 0 Å². The smallest absolute Gasteiger partial charge is 0.311 e. The Morgan fingerprint density at radius 2 is 1.56 bits per heavy atom. The molecule has 0 bridgehead atoms. The van der Waals surface area contributed by atoms with Crippen LogP contribution < -0.4 is 21.9 Å². The van der Waals surface area contributed by atoms with Gasteiger partial charge in [0, 0.05) is 30.8 Å². The molecule has 45 heavy (non-hydrogen) atoms. The van der Waals surface area contributed by atoms with Gasteiger partial charge in [-0.2, -0.15) is 0 Å². The molecule has 1 aliphatic rings. The van der Waals surface area contributed by atoms with Crippen LogP contribution in [0.3, 0.4) is 0 Å². The van der Waals surface area contributed by atoms with E-state index in [4.69, 9.17) is 10.5 Å². The van der Waals surface area contributed by atoms with Crippen LogP contribution >= 0.6 is 0 Å². The fourth-order valence-corrected chi connectivity index (χ4v) is 4.45. The number of ether oxygens (including phenoxy) is 1. The number of carbonyl (C=O) groups excluding carboxylic acids is 6. The minimum Gasteiger partial charge on any atom is -0.460 e. The first kappa shape index (κ1) is 37.3. The third-order valence-electron chi connectivity index (χ3n) is 7.30. The van der Waals surface area contributed by atoms with E-state index in [1.54, 1.807) is 46.8 Å². The van der Waals surface area contributed by atoms with E-state index in [1.807, 2.05) is 12.1 Å². The predicted octanol–water partition coefficient (Wildman–Crippen LogP) is 2.95. The van der Waals surface area contributed by atoms with Crippen LogP contribution in [0.15, 0.2) is 36.4 Å². The lowest BCUT2D eigenvalue weighted by molar-refractivity contribution is -0.154. The van der Waals surface area contributed by atoms with Crippen molar-refractivity contribution in [1.29, 1.82) is 0 Å². The summed E-state index contributed by atoms with van der Waals surface area (Å²) < 4.78 is 5.35. The summed E-state index contributed by atoms with van der Waals surface area (Å²) in [6, 6.07) is 5.51. The first-order valence-electron chi connectivity index (χ1n) is 15.6. The second-order valence-corrected chi connectivity index (χ2v) is 12.6. The third-order valence-corrected chi connectivity index (χ3v) is 7.30. The van der Waals surface area contributed by atoms with Crippen molar-refractivity contribution in [3.05, 3.63) is 42.0 Å². The predicted molar refractivity (Wildman–Crippen MR) is 170 cm³/mol. The number of hydrazine groups is 1. The highest BCUT2D eigenvalue weighted by Crippen LogP contribution is 2.18. The average Bonchev–Trinajstić information content (AvgIpc) is 3.31. The van der Waals surface area contributed by atoms with E-state index in [1.165, 1.54) is 12.2 Å². The molecular weight excluding hydrogens is 578 g/mol. The molecule has 1 aromatic rings. The highest BCUT2D eigenvalue weighted by molar-refractivity contribution is 6.39. The SMILES string of the molecule is CC(C)[C@H](NC(=O)[C@H](CCCCN)NNc1ccc(COC(=O)C(C)(C)C)cc1)C(=O)C(=O)CCCCCN1C(=O)C=CC1=O. The van der Waals surface area contributed by atoms with Crippen LogP contribution in [0.4, 0.5) is 5.69 Å². The standard InChI is InChI=1S/C33H49N5O7/c1-22(2)29(30(42)26(39)12-7-6-10-20-38-27(40)17-18-28(38)41)35-31(43)25(11-8-9-19-34)37-36-24-15-13-23(14-16-24)21-45-32(44)33(3,4)5/h13-18,22,25,29,36-37H,6-12,19-21,34H2,1-5H3,(H,35,43)/t25-,29-/m0/s1. The zero-order valence-corrected chi connectivity index (χ0v) is 27.1. The molecule has 0 saturated carbocycles. The van der Waals surface area contributed by atoms with Crippen molar-refractivity contribution in [1.82, 2.24) is 15.6 Å². The van der Waals surface area contributed by atoms with E-state index in [-0.39, 0.29) is 43.3 Å². The number of hydrogen-bond donors (Lipinski definition) is 4. The summed E-state index contributed by atoms with van der Waals surface area (Å²) >= 11 is 0. The highest BCUT2D eigenvalue weighted by atomic mass is 16.5.